The first kappa shape index (κ1) is 30.7. The SMILES string of the molecule is CC(C)(C)N([O])c1ccc(-c2cc(-c3ccc(N([O-])C(C)(C)C)nc3)cc(-c3ccc([N+](=O)C(C)(C)C)nc3)c2)cn1. The highest BCUT2D eigenvalue weighted by Crippen LogP contribution is 2.34. The summed E-state index contributed by atoms with van der Waals surface area (Å²) in [6.07, 6.45) is 5.07. The van der Waals surface area contributed by atoms with Crippen molar-refractivity contribution in [2.75, 3.05) is 10.1 Å². The molecule has 0 N–H and O–H groups in total. The average molecular weight is 568 g/mol. The van der Waals surface area contributed by atoms with Gasteiger partial charge in [-0.25, -0.2) is 9.97 Å². The molecule has 0 aliphatic heterocycles. The van der Waals surface area contributed by atoms with E-state index >= 15 is 0 Å². The van der Waals surface area contributed by atoms with Gasteiger partial charge in [0.15, 0.2) is 5.82 Å². The largest absolute Gasteiger partial charge is 0.757 e. The number of rotatable bonds is 6. The van der Waals surface area contributed by atoms with Crippen LogP contribution in [-0.4, -0.2) is 36.3 Å². The fourth-order valence-corrected chi connectivity index (χ4v) is 4.19. The standard InChI is InChI=1S/C33H39N6O3/c1-31(2,3)37(40)28-13-10-22(19-34-28)25-16-26(23-11-14-29(35-20-23)38(41)32(4,5)6)18-27(17-25)24-12-15-30(36-21-24)39(42)33(7,8)9/h10-21H,1-9H3. The Morgan fingerprint density at radius 2 is 1.02 bits per heavy atom. The lowest BCUT2D eigenvalue weighted by molar-refractivity contribution is -0.543. The number of pyridine rings is 3. The van der Waals surface area contributed by atoms with E-state index in [0.717, 1.165) is 48.3 Å². The summed E-state index contributed by atoms with van der Waals surface area (Å²) in [5.74, 6) is 1.01. The Morgan fingerprint density at radius 3 is 1.36 bits per heavy atom. The minimum absolute atomic E-state index is 0.337. The van der Waals surface area contributed by atoms with Crippen LogP contribution in [0.15, 0.2) is 73.2 Å². The zero-order valence-electron chi connectivity index (χ0n) is 25.8. The van der Waals surface area contributed by atoms with Crippen molar-refractivity contribution in [2.45, 2.75) is 78.9 Å². The van der Waals surface area contributed by atoms with Gasteiger partial charge in [0.05, 0.1) is 5.54 Å². The molecule has 0 unspecified atom stereocenters. The van der Waals surface area contributed by atoms with Gasteiger partial charge in [0.2, 0.25) is 0 Å². The van der Waals surface area contributed by atoms with Crippen LogP contribution in [0.5, 0.6) is 0 Å². The third kappa shape index (κ3) is 6.80. The number of hydrogen-bond donors (Lipinski definition) is 0. The molecule has 0 saturated carbocycles. The monoisotopic (exact) mass is 567 g/mol. The number of hydroxylamine groups is 2. The molecule has 0 atom stereocenters. The number of aromatic nitrogens is 3. The molecule has 0 aliphatic carbocycles. The fourth-order valence-electron chi connectivity index (χ4n) is 4.19. The molecule has 42 heavy (non-hydrogen) atoms. The number of nitrogens with zero attached hydrogens (tertiary/aromatic N) is 6. The average Bonchev–Trinajstić information content (AvgIpc) is 2.94. The molecule has 3 aromatic heterocycles. The molecular weight excluding hydrogens is 528 g/mol. The summed E-state index contributed by atoms with van der Waals surface area (Å²) in [7, 11) is 0. The molecule has 3 heterocycles. The van der Waals surface area contributed by atoms with E-state index in [1.807, 2.05) is 98.7 Å². The van der Waals surface area contributed by atoms with Gasteiger partial charge in [0.25, 0.3) is 0 Å². The summed E-state index contributed by atoms with van der Waals surface area (Å²) in [5.41, 5.74) is 3.29. The molecule has 9 nitrogen and oxygen atoms in total. The summed E-state index contributed by atoms with van der Waals surface area (Å²) in [4.78, 5) is 26.0. The number of benzene rings is 1. The van der Waals surface area contributed by atoms with E-state index in [1.165, 1.54) is 0 Å². The van der Waals surface area contributed by atoms with Crippen molar-refractivity contribution < 1.29 is 9.97 Å². The highest BCUT2D eigenvalue weighted by molar-refractivity contribution is 5.81. The van der Waals surface area contributed by atoms with Gasteiger partial charge in [0.1, 0.15) is 17.6 Å². The molecule has 219 valence electrons. The molecular formula is C33H39N6O3. The van der Waals surface area contributed by atoms with Gasteiger partial charge >= 0.3 is 5.82 Å². The normalized spacial score (nSPS) is 12.3. The lowest BCUT2D eigenvalue weighted by atomic mass is 9.95. The molecule has 4 aromatic rings. The zero-order valence-corrected chi connectivity index (χ0v) is 25.8. The predicted octanol–water partition coefficient (Wildman–Crippen LogP) is 8.13. The summed E-state index contributed by atoms with van der Waals surface area (Å²) in [5, 5.41) is 27.1. The number of hydrogen-bond acceptors (Lipinski definition) is 7. The van der Waals surface area contributed by atoms with Crippen LogP contribution >= 0.6 is 0 Å². The van der Waals surface area contributed by atoms with E-state index in [1.54, 1.807) is 36.8 Å². The van der Waals surface area contributed by atoms with Crippen molar-refractivity contribution in [1.29, 1.82) is 0 Å². The molecule has 1 radical (unpaired) electrons. The fraction of sp³-hybridized carbons (Fsp3) is 0.364. The second-order valence-electron chi connectivity index (χ2n) is 13.4. The van der Waals surface area contributed by atoms with Crippen molar-refractivity contribution in [1.82, 2.24) is 15.0 Å². The molecule has 1 aromatic carbocycles. The second-order valence-corrected chi connectivity index (χ2v) is 13.4. The van der Waals surface area contributed by atoms with Crippen molar-refractivity contribution in [2.24, 2.45) is 0 Å². The molecule has 0 amide bonds. The third-order valence-corrected chi connectivity index (χ3v) is 6.63. The van der Waals surface area contributed by atoms with Crippen LogP contribution in [0, 0.1) is 10.1 Å². The van der Waals surface area contributed by atoms with Crippen LogP contribution in [0.3, 0.4) is 0 Å². The summed E-state index contributed by atoms with van der Waals surface area (Å²) in [6.45, 7) is 16.5. The Morgan fingerprint density at radius 1 is 0.595 bits per heavy atom. The van der Waals surface area contributed by atoms with Gasteiger partial charge in [-0.2, -0.15) is 5.06 Å². The quantitative estimate of drug-likeness (QED) is 0.171. The Kier molecular flexibility index (Phi) is 8.22. The Balaban J connectivity index is 1.79. The van der Waals surface area contributed by atoms with E-state index in [2.05, 4.69) is 15.0 Å². The van der Waals surface area contributed by atoms with Gasteiger partial charge in [-0.15, -0.1) is 0 Å². The molecule has 9 heteroatoms. The molecule has 0 bridgehead atoms. The predicted molar refractivity (Wildman–Crippen MR) is 168 cm³/mol. The second kappa shape index (κ2) is 11.2. The number of nitroso groups, excluding NO2 is 1. The van der Waals surface area contributed by atoms with Gasteiger partial charge in [-0.1, -0.05) is 10.1 Å². The van der Waals surface area contributed by atoms with E-state index < -0.39 is 16.6 Å². The van der Waals surface area contributed by atoms with Crippen molar-refractivity contribution in [3.05, 3.63) is 83.3 Å². The maximum absolute atomic E-state index is 12.7. The van der Waals surface area contributed by atoms with Crippen molar-refractivity contribution in [3.63, 3.8) is 0 Å². The van der Waals surface area contributed by atoms with E-state index in [0.29, 0.717) is 17.5 Å². The van der Waals surface area contributed by atoms with E-state index in [9.17, 15) is 15.3 Å². The summed E-state index contributed by atoms with van der Waals surface area (Å²) < 4.78 is 0.896. The van der Waals surface area contributed by atoms with Crippen LogP contribution in [0.25, 0.3) is 33.4 Å². The molecule has 4 rings (SSSR count). The third-order valence-electron chi connectivity index (χ3n) is 6.63. The van der Waals surface area contributed by atoms with Crippen LogP contribution < -0.4 is 10.1 Å². The number of anilines is 2. The first-order chi connectivity index (χ1) is 19.4. The Hall–Kier alpha value is -4.21. The van der Waals surface area contributed by atoms with Crippen molar-refractivity contribution >= 4 is 17.5 Å². The van der Waals surface area contributed by atoms with Crippen LogP contribution in [0.4, 0.5) is 17.5 Å². The highest BCUT2D eigenvalue weighted by Gasteiger charge is 2.29. The van der Waals surface area contributed by atoms with Crippen molar-refractivity contribution in [3.8, 4) is 33.4 Å². The summed E-state index contributed by atoms with van der Waals surface area (Å²) >= 11 is 0. The van der Waals surface area contributed by atoms with Crippen LogP contribution in [-0.2, 0) is 5.21 Å². The van der Waals surface area contributed by atoms with Crippen LogP contribution in [0.1, 0.15) is 62.3 Å². The molecule has 0 saturated heterocycles. The molecule has 0 aliphatic rings. The van der Waals surface area contributed by atoms with Gasteiger partial charge in [-0.3, -0.25) is 0 Å². The van der Waals surface area contributed by atoms with Gasteiger partial charge in [0, 0.05) is 40.7 Å². The lowest BCUT2D eigenvalue weighted by Crippen LogP contribution is -2.37. The lowest BCUT2D eigenvalue weighted by Gasteiger charge is -2.42. The maximum atomic E-state index is 12.7. The van der Waals surface area contributed by atoms with E-state index in [4.69, 9.17) is 0 Å². The first-order valence-corrected chi connectivity index (χ1v) is 13.9. The maximum Gasteiger partial charge on any atom is 0.361 e. The minimum Gasteiger partial charge on any atom is -0.757 e. The Bertz CT molecular complexity index is 1470. The molecule has 0 spiro atoms. The smallest absolute Gasteiger partial charge is 0.361 e. The highest BCUT2D eigenvalue weighted by atomic mass is 16.5. The van der Waals surface area contributed by atoms with Gasteiger partial charge in [-0.05, 0) is 137 Å². The topological polar surface area (TPSA) is 108 Å². The molecule has 0 fully saturated rings. The zero-order chi connectivity index (χ0) is 31.0. The minimum atomic E-state index is -0.612. The van der Waals surface area contributed by atoms with Crippen LogP contribution in [0.2, 0.25) is 0 Å². The summed E-state index contributed by atoms with van der Waals surface area (Å²) in [6, 6.07) is 16.9. The first-order valence-electron chi connectivity index (χ1n) is 13.9. The van der Waals surface area contributed by atoms with E-state index in [-0.39, 0.29) is 0 Å². The Labute approximate surface area is 248 Å². The van der Waals surface area contributed by atoms with Gasteiger partial charge < -0.3 is 10.3 Å².